The van der Waals surface area contributed by atoms with Crippen molar-refractivity contribution in [1.29, 1.82) is 0 Å². The van der Waals surface area contributed by atoms with Crippen molar-refractivity contribution >= 4 is 5.91 Å². The number of carbonyl (C=O) groups is 1. The summed E-state index contributed by atoms with van der Waals surface area (Å²) < 4.78 is 8.13. The zero-order valence-corrected chi connectivity index (χ0v) is 17.7. The largest absolute Gasteiger partial charge is 0.487 e. The van der Waals surface area contributed by atoms with Crippen LogP contribution < -0.4 is 4.74 Å². The van der Waals surface area contributed by atoms with Crippen LogP contribution in [-0.4, -0.2) is 63.3 Å². The van der Waals surface area contributed by atoms with Gasteiger partial charge in [-0.1, -0.05) is 18.2 Å². The summed E-state index contributed by atoms with van der Waals surface area (Å²) in [6.45, 7) is 9.92. The van der Waals surface area contributed by atoms with E-state index in [4.69, 9.17) is 4.74 Å². The molecular formula is C23H32N4O2. The van der Waals surface area contributed by atoms with Crippen LogP contribution in [0.3, 0.4) is 0 Å². The monoisotopic (exact) mass is 396 g/mol. The summed E-state index contributed by atoms with van der Waals surface area (Å²) in [5.41, 5.74) is 0.697. The van der Waals surface area contributed by atoms with E-state index in [1.54, 1.807) is 10.9 Å². The summed E-state index contributed by atoms with van der Waals surface area (Å²) in [6, 6.07) is 11.1. The average Bonchev–Trinajstić information content (AvgIpc) is 3.20. The second-order valence-electron chi connectivity index (χ2n) is 8.46. The highest BCUT2D eigenvalue weighted by atomic mass is 16.5. The van der Waals surface area contributed by atoms with E-state index in [9.17, 15) is 4.79 Å². The third kappa shape index (κ3) is 4.17. The van der Waals surface area contributed by atoms with Crippen molar-refractivity contribution in [2.24, 2.45) is 5.92 Å². The van der Waals surface area contributed by atoms with E-state index >= 15 is 0 Å². The summed E-state index contributed by atoms with van der Waals surface area (Å²) >= 11 is 0. The van der Waals surface area contributed by atoms with Crippen molar-refractivity contribution < 1.29 is 9.53 Å². The Hall–Kier alpha value is -2.34. The molecule has 0 aliphatic carbocycles. The molecule has 0 radical (unpaired) electrons. The van der Waals surface area contributed by atoms with E-state index in [1.165, 1.54) is 0 Å². The van der Waals surface area contributed by atoms with Crippen molar-refractivity contribution in [3.63, 3.8) is 0 Å². The molecule has 3 heterocycles. The number of piperidine rings is 1. The molecule has 1 amide bonds. The van der Waals surface area contributed by atoms with Crippen LogP contribution in [0, 0.1) is 5.92 Å². The molecule has 2 aromatic rings. The third-order valence-electron chi connectivity index (χ3n) is 6.36. The van der Waals surface area contributed by atoms with E-state index in [-0.39, 0.29) is 12.0 Å². The van der Waals surface area contributed by atoms with E-state index in [1.807, 2.05) is 48.4 Å². The van der Waals surface area contributed by atoms with Gasteiger partial charge in [0.25, 0.3) is 5.91 Å². The Bertz CT molecular complexity index is 811. The van der Waals surface area contributed by atoms with Crippen LogP contribution in [0.4, 0.5) is 0 Å². The molecule has 2 saturated heterocycles. The first-order valence-electron chi connectivity index (χ1n) is 10.9. The zero-order chi connectivity index (χ0) is 20.4. The molecule has 0 bridgehead atoms. The first-order valence-corrected chi connectivity index (χ1v) is 10.9. The summed E-state index contributed by atoms with van der Waals surface area (Å²) in [7, 11) is 0. The molecule has 0 spiro atoms. The van der Waals surface area contributed by atoms with Gasteiger partial charge in [0, 0.05) is 38.4 Å². The summed E-state index contributed by atoms with van der Waals surface area (Å²) in [5.74, 6) is 1.61. The Labute approximate surface area is 173 Å². The molecule has 6 heteroatoms. The maximum atomic E-state index is 12.8. The molecule has 2 aliphatic heterocycles. The van der Waals surface area contributed by atoms with E-state index in [0.29, 0.717) is 23.6 Å². The van der Waals surface area contributed by atoms with Gasteiger partial charge in [-0.3, -0.25) is 14.4 Å². The summed E-state index contributed by atoms with van der Waals surface area (Å²) in [5, 5.41) is 4.24. The Balaban J connectivity index is 1.38. The van der Waals surface area contributed by atoms with Crippen LogP contribution in [0.5, 0.6) is 5.75 Å². The van der Waals surface area contributed by atoms with Crippen molar-refractivity contribution in [3.05, 3.63) is 48.3 Å². The van der Waals surface area contributed by atoms with Gasteiger partial charge < -0.3 is 9.64 Å². The first kappa shape index (κ1) is 20.0. The highest BCUT2D eigenvalue weighted by Crippen LogP contribution is 2.36. The van der Waals surface area contributed by atoms with Crippen molar-refractivity contribution in [2.45, 2.75) is 58.3 Å². The lowest BCUT2D eigenvalue weighted by Gasteiger charge is -2.54. The van der Waals surface area contributed by atoms with Crippen molar-refractivity contribution in [2.75, 3.05) is 19.6 Å². The molecule has 156 valence electrons. The highest BCUT2D eigenvalue weighted by molar-refractivity contribution is 5.93. The number of amides is 1. The SMILES string of the molecule is CCn1cc(C(=O)N2CCC([C@H]3[C@@H](Oc4ccccc4)CN3C(C)C)CC2)cn1. The molecule has 6 nitrogen and oxygen atoms in total. The number of benzene rings is 1. The van der Waals surface area contributed by atoms with Crippen LogP contribution in [-0.2, 0) is 6.54 Å². The standard InChI is InChI=1S/C23H32N4O2/c1-4-26-15-19(14-24-26)23(28)25-12-10-18(11-13-25)22-21(16-27(22)17(2)3)29-20-8-6-5-7-9-20/h5-9,14-15,17-18,21-22H,4,10-13,16H2,1-3H3/t21-,22-/m0/s1. The molecule has 2 fully saturated rings. The molecule has 2 atom stereocenters. The van der Waals surface area contributed by atoms with Crippen LogP contribution in [0.1, 0.15) is 44.0 Å². The number of carbonyl (C=O) groups excluding carboxylic acids is 1. The number of likely N-dealkylation sites (tertiary alicyclic amines) is 2. The predicted octanol–water partition coefficient (Wildman–Crippen LogP) is 3.30. The van der Waals surface area contributed by atoms with Crippen LogP contribution >= 0.6 is 0 Å². The minimum atomic E-state index is 0.106. The number of rotatable bonds is 6. The maximum absolute atomic E-state index is 12.8. The van der Waals surface area contributed by atoms with Crippen molar-refractivity contribution in [3.8, 4) is 5.75 Å². The Morgan fingerprint density at radius 3 is 2.55 bits per heavy atom. The second kappa shape index (κ2) is 8.57. The average molecular weight is 397 g/mol. The fourth-order valence-electron chi connectivity index (χ4n) is 4.70. The quantitative estimate of drug-likeness (QED) is 0.752. The number of aryl methyl sites for hydroxylation is 1. The molecule has 0 N–H and O–H groups in total. The van der Waals surface area contributed by atoms with Gasteiger partial charge in [-0.05, 0) is 51.7 Å². The summed E-state index contributed by atoms with van der Waals surface area (Å²) in [6.07, 6.45) is 5.82. The van der Waals surface area contributed by atoms with E-state index in [2.05, 4.69) is 23.8 Å². The number of ether oxygens (including phenoxy) is 1. The fourth-order valence-corrected chi connectivity index (χ4v) is 4.70. The molecule has 4 rings (SSSR count). The number of para-hydroxylation sites is 1. The topological polar surface area (TPSA) is 50.6 Å². The van der Waals surface area contributed by atoms with Gasteiger partial charge >= 0.3 is 0 Å². The normalized spacial score (nSPS) is 23.2. The lowest BCUT2D eigenvalue weighted by atomic mass is 9.79. The maximum Gasteiger partial charge on any atom is 0.257 e. The molecule has 1 aromatic carbocycles. The van der Waals surface area contributed by atoms with Gasteiger partial charge in [0.1, 0.15) is 11.9 Å². The fraction of sp³-hybridized carbons (Fsp3) is 0.565. The van der Waals surface area contributed by atoms with Gasteiger partial charge in [0.2, 0.25) is 0 Å². The number of hydrogen-bond acceptors (Lipinski definition) is 4. The second-order valence-corrected chi connectivity index (χ2v) is 8.46. The lowest BCUT2D eigenvalue weighted by Crippen LogP contribution is -2.68. The highest BCUT2D eigenvalue weighted by Gasteiger charge is 2.47. The molecule has 2 aliphatic rings. The van der Waals surface area contributed by atoms with Gasteiger partial charge in [-0.25, -0.2) is 0 Å². The molecule has 1 aromatic heterocycles. The predicted molar refractivity (Wildman–Crippen MR) is 113 cm³/mol. The first-order chi connectivity index (χ1) is 14.1. The molecule has 0 saturated carbocycles. The van der Waals surface area contributed by atoms with Crippen LogP contribution in [0.2, 0.25) is 0 Å². The van der Waals surface area contributed by atoms with Gasteiger partial charge in [0.15, 0.2) is 0 Å². The Morgan fingerprint density at radius 2 is 1.93 bits per heavy atom. The third-order valence-corrected chi connectivity index (χ3v) is 6.36. The smallest absolute Gasteiger partial charge is 0.257 e. The van der Waals surface area contributed by atoms with Crippen LogP contribution in [0.15, 0.2) is 42.7 Å². The van der Waals surface area contributed by atoms with Gasteiger partial charge in [-0.15, -0.1) is 0 Å². The van der Waals surface area contributed by atoms with E-state index in [0.717, 1.165) is 44.8 Å². The number of nitrogens with zero attached hydrogens (tertiary/aromatic N) is 4. The van der Waals surface area contributed by atoms with Gasteiger partial charge in [-0.2, -0.15) is 5.10 Å². The number of aromatic nitrogens is 2. The van der Waals surface area contributed by atoms with Gasteiger partial charge in [0.05, 0.1) is 17.8 Å². The van der Waals surface area contributed by atoms with Crippen LogP contribution in [0.25, 0.3) is 0 Å². The summed E-state index contributed by atoms with van der Waals surface area (Å²) in [4.78, 5) is 17.3. The number of hydrogen-bond donors (Lipinski definition) is 0. The molecule has 29 heavy (non-hydrogen) atoms. The zero-order valence-electron chi connectivity index (χ0n) is 17.7. The minimum absolute atomic E-state index is 0.106. The molecule has 0 unspecified atom stereocenters. The Morgan fingerprint density at radius 1 is 1.21 bits per heavy atom. The lowest BCUT2D eigenvalue weighted by molar-refractivity contribution is -0.0983. The Kier molecular flexibility index (Phi) is 5.90. The van der Waals surface area contributed by atoms with Crippen molar-refractivity contribution in [1.82, 2.24) is 19.6 Å². The minimum Gasteiger partial charge on any atom is -0.487 e. The van der Waals surface area contributed by atoms with E-state index < -0.39 is 0 Å². The molecular weight excluding hydrogens is 364 g/mol.